The highest BCUT2D eigenvalue weighted by Crippen LogP contribution is 1.96. The van der Waals surface area contributed by atoms with Crippen molar-refractivity contribution in [1.82, 2.24) is 9.97 Å². The Hall–Kier alpha value is -0.790. The van der Waals surface area contributed by atoms with Gasteiger partial charge in [-0.2, -0.15) is 0 Å². The molecule has 2 nitrogen and oxygen atoms in total. The Morgan fingerprint density at radius 3 is 3.33 bits per heavy atom. The Kier molecular flexibility index (Phi) is 1.83. The predicted octanol–water partition coefficient (Wildman–Crippen LogP) is 1.75. The van der Waals surface area contributed by atoms with Crippen LogP contribution in [0.15, 0.2) is 12.4 Å². The van der Waals surface area contributed by atoms with E-state index in [0.29, 0.717) is 6.17 Å². The van der Waals surface area contributed by atoms with Crippen molar-refractivity contribution < 1.29 is 1.37 Å². The van der Waals surface area contributed by atoms with Gasteiger partial charge in [0.05, 0.1) is 1.37 Å². The lowest BCUT2D eigenvalue weighted by Crippen LogP contribution is -1.85. The molecule has 0 saturated carbocycles. The van der Waals surface area contributed by atoms with Crippen LogP contribution in [-0.2, 0) is 6.42 Å². The third kappa shape index (κ3) is 1.88. The first-order valence-corrected chi connectivity index (χ1v) is 3.34. The quantitative estimate of drug-likeness (QED) is 0.655. The number of nitrogens with zero attached hydrogens (tertiary/aromatic N) is 1. The molecule has 0 aliphatic rings. The minimum Gasteiger partial charge on any atom is -0.349 e. The molecule has 0 bridgehead atoms. The van der Waals surface area contributed by atoms with Gasteiger partial charge in [-0.3, -0.25) is 0 Å². The van der Waals surface area contributed by atoms with Crippen LogP contribution >= 0.6 is 0 Å². The summed E-state index contributed by atoms with van der Waals surface area (Å²) in [6.45, 7) is 2.14. The molecule has 0 aliphatic heterocycles. The minimum atomic E-state index is 0.339. The number of nitrogens with one attached hydrogen (secondary N) is 1. The summed E-state index contributed by atoms with van der Waals surface area (Å²) in [5.74, 6) is 0.937. The summed E-state index contributed by atoms with van der Waals surface area (Å²) in [4.78, 5) is 6.90. The van der Waals surface area contributed by atoms with Gasteiger partial charge >= 0.3 is 0 Å². The number of imidazole rings is 1. The molecule has 1 heterocycles. The molecule has 2 heteroatoms. The second kappa shape index (κ2) is 3.28. The zero-order valence-corrected chi connectivity index (χ0v) is 5.65. The first kappa shape index (κ1) is 5.03. The number of rotatable bonds is 3. The lowest BCUT2D eigenvalue weighted by molar-refractivity contribution is 0.762. The molecule has 0 aromatic carbocycles. The van der Waals surface area contributed by atoms with Crippen molar-refractivity contribution >= 4 is 0 Å². The maximum absolute atomic E-state index is 7.11. The van der Waals surface area contributed by atoms with Crippen LogP contribution in [0.5, 0.6) is 0 Å². The number of aryl methyl sites for hydroxylation is 1. The van der Waals surface area contributed by atoms with Crippen molar-refractivity contribution in [2.24, 2.45) is 0 Å². The largest absolute Gasteiger partial charge is 0.349 e. The number of H-pyrrole nitrogens is 1. The summed E-state index contributed by atoms with van der Waals surface area (Å²) in [6.07, 6.45) is 5.24. The third-order valence-corrected chi connectivity index (χ3v) is 1.27. The Morgan fingerprint density at radius 1 is 1.89 bits per heavy atom. The fourth-order valence-corrected chi connectivity index (χ4v) is 0.730. The standard InChI is InChI=1S/C7H12N2/c1-2-3-4-7-8-5-6-9-7/h5-6H,2-4H2,1H3,(H,8,9)/i5D. The number of unbranched alkanes of at least 4 members (excludes halogenated alkanes) is 1. The lowest BCUT2D eigenvalue weighted by atomic mass is 10.2. The summed E-state index contributed by atoms with van der Waals surface area (Å²) >= 11 is 0. The highest BCUT2D eigenvalue weighted by Gasteiger charge is 1.90. The monoisotopic (exact) mass is 125 g/mol. The van der Waals surface area contributed by atoms with Crippen molar-refractivity contribution in [1.29, 1.82) is 0 Å². The second-order valence-corrected chi connectivity index (χ2v) is 2.08. The molecule has 0 saturated heterocycles. The first-order valence-electron chi connectivity index (χ1n) is 3.84. The van der Waals surface area contributed by atoms with E-state index < -0.39 is 0 Å². The van der Waals surface area contributed by atoms with Crippen molar-refractivity contribution in [3.63, 3.8) is 0 Å². The van der Waals surface area contributed by atoms with Crippen LogP contribution < -0.4 is 0 Å². The maximum Gasteiger partial charge on any atom is 0.105 e. The number of aromatic amines is 1. The fourth-order valence-electron chi connectivity index (χ4n) is 0.730. The van der Waals surface area contributed by atoms with Crippen LogP contribution in [0.3, 0.4) is 0 Å². The average Bonchev–Trinajstić information content (AvgIpc) is 2.31. The normalized spacial score (nSPS) is 11.4. The van der Waals surface area contributed by atoms with Crippen molar-refractivity contribution in [2.45, 2.75) is 26.2 Å². The van der Waals surface area contributed by atoms with E-state index in [0.717, 1.165) is 18.7 Å². The van der Waals surface area contributed by atoms with E-state index in [1.807, 2.05) is 0 Å². The lowest BCUT2D eigenvalue weighted by Gasteiger charge is -1.90. The van der Waals surface area contributed by atoms with Gasteiger partial charge in [0.25, 0.3) is 0 Å². The van der Waals surface area contributed by atoms with E-state index in [2.05, 4.69) is 16.9 Å². The van der Waals surface area contributed by atoms with E-state index in [4.69, 9.17) is 1.37 Å². The van der Waals surface area contributed by atoms with E-state index in [9.17, 15) is 0 Å². The molecule has 1 aromatic heterocycles. The van der Waals surface area contributed by atoms with Gasteiger partial charge in [0.15, 0.2) is 0 Å². The van der Waals surface area contributed by atoms with Gasteiger partial charge in [-0.25, -0.2) is 4.98 Å². The van der Waals surface area contributed by atoms with E-state index in [-0.39, 0.29) is 0 Å². The summed E-state index contributed by atoms with van der Waals surface area (Å²) in [5, 5.41) is 0. The summed E-state index contributed by atoms with van der Waals surface area (Å²) in [5.41, 5.74) is 0. The fraction of sp³-hybridized carbons (Fsp3) is 0.571. The van der Waals surface area contributed by atoms with Crippen LogP contribution in [0.4, 0.5) is 0 Å². The second-order valence-electron chi connectivity index (χ2n) is 2.08. The van der Waals surface area contributed by atoms with Gasteiger partial charge in [0.2, 0.25) is 0 Å². The molecule has 1 aromatic rings. The van der Waals surface area contributed by atoms with Crippen molar-refractivity contribution in [3.8, 4) is 0 Å². The van der Waals surface area contributed by atoms with Crippen molar-refractivity contribution in [2.75, 3.05) is 0 Å². The summed E-state index contributed by atoms with van der Waals surface area (Å²) in [7, 11) is 0. The number of hydrogen-bond donors (Lipinski definition) is 1. The first-order chi connectivity index (χ1) is 4.83. The summed E-state index contributed by atoms with van der Waals surface area (Å²) < 4.78 is 7.11. The zero-order valence-electron chi connectivity index (χ0n) is 6.65. The Morgan fingerprint density at radius 2 is 2.78 bits per heavy atom. The van der Waals surface area contributed by atoms with Crippen molar-refractivity contribution in [3.05, 3.63) is 18.2 Å². The average molecular weight is 125 g/mol. The number of aromatic nitrogens is 2. The van der Waals surface area contributed by atoms with Gasteiger partial charge in [-0.1, -0.05) is 13.3 Å². The molecule has 0 amide bonds. The van der Waals surface area contributed by atoms with Crippen LogP contribution in [-0.4, -0.2) is 9.97 Å². The Bertz CT molecular complexity index is 195. The van der Waals surface area contributed by atoms with E-state index >= 15 is 0 Å². The maximum atomic E-state index is 7.11. The molecule has 50 valence electrons. The topological polar surface area (TPSA) is 28.7 Å². The van der Waals surface area contributed by atoms with Gasteiger partial charge in [0, 0.05) is 18.8 Å². The molecule has 0 aliphatic carbocycles. The molecule has 0 radical (unpaired) electrons. The van der Waals surface area contributed by atoms with Crippen LogP contribution in [0.25, 0.3) is 0 Å². The Balaban J connectivity index is 2.42. The molecular weight excluding hydrogens is 112 g/mol. The molecule has 0 unspecified atom stereocenters. The molecule has 0 fully saturated rings. The SMILES string of the molecule is [2H]c1c[nH]c(CCCC)n1. The molecule has 1 rings (SSSR count). The van der Waals surface area contributed by atoms with E-state index in [1.165, 1.54) is 6.42 Å². The summed E-state index contributed by atoms with van der Waals surface area (Å²) in [6, 6.07) is 0. The van der Waals surface area contributed by atoms with Crippen LogP contribution in [0.1, 0.15) is 27.0 Å². The molecule has 9 heavy (non-hydrogen) atoms. The minimum absolute atomic E-state index is 0.339. The highest BCUT2D eigenvalue weighted by molar-refractivity contribution is 4.86. The van der Waals surface area contributed by atoms with Gasteiger partial charge < -0.3 is 4.98 Å². The Labute approximate surface area is 56.7 Å². The van der Waals surface area contributed by atoms with Gasteiger partial charge in [-0.15, -0.1) is 0 Å². The van der Waals surface area contributed by atoms with Crippen LogP contribution in [0.2, 0.25) is 0 Å². The number of hydrogen-bond acceptors (Lipinski definition) is 1. The van der Waals surface area contributed by atoms with E-state index in [1.54, 1.807) is 6.20 Å². The highest BCUT2D eigenvalue weighted by atomic mass is 14.9. The molecule has 0 atom stereocenters. The molecular formula is C7H12N2. The third-order valence-electron chi connectivity index (χ3n) is 1.27. The predicted molar refractivity (Wildman–Crippen MR) is 37.2 cm³/mol. The van der Waals surface area contributed by atoms with Gasteiger partial charge in [-0.05, 0) is 6.42 Å². The molecule has 1 N–H and O–H groups in total. The zero-order chi connectivity index (χ0) is 7.40. The smallest absolute Gasteiger partial charge is 0.105 e. The molecule has 0 spiro atoms. The van der Waals surface area contributed by atoms with Crippen LogP contribution in [0, 0.1) is 0 Å². The van der Waals surface area contributed by atoms with Gasteiger partial charge in [0.1, 0.15) is 5.82 Å².